The molecule has 0 saturated carbocycles. The summed E-state index contributed by atoms with van der Waals surface area (Å²) in [5, 5.41) is 3.00. The van der Waals surface area contributed by atoms with Crippen molar-refractivity contribution < 1.29 is 4.79 Å². The van der Waals surface area contributed by atoms with Crippen molar-refractivity contribution in [3.63, 3.8) is 0 Å². The zero-order valence-corrected chi connectivity index (χ0v) is 12.0. The fourth-order valence-corrected chi connectivity index (χ4v) is 2.13. The first kappa shape index (κ1) is 14.3. The monoisotopic (exact) mass is 268 g/mol. The van der Waals surface area contributed by atoms with Crippen molar-refractivity contribution >= 4 is 5.91 Å². The van der Waals surface area contributed by atoms with Gasteiger partial charge in [-0.2, -0.15) is 0 Å². The van der Waals surface area contributed by atoms with Crippen LogP contribution in [0.15, 0.2) is 48.8 Å². The SMILES string of the molecule is CCCc1ccc(C(=O)N[C@@H](C)c2ccncc2)cc1. The number of aromatic nitrogens is 1. The Morgan fingerprint density at radius 2 is 1.80 bits per heavy atom. The number of carbonyl (C=O) groups is 1. The molecule has 1 aromatic heterocycles. The molecule has 104 valence electrons. The van der Waals surface area contributed by atoms with Crippen LogP contribution in [-0.2, 0) is 6.42 Å². The Morgan fingerprint density at radius 1 is 1.15 bits per heavy atom. The summed E-state index contributed by atoms with van der Waals surface area (Å²) in [4.78, 5) is 16.2. The van der Waals surface area contributed by atoms with Crippen molar-refractivity contribution in [1.82, 2.24) is 10.3 Å². The first-order valence-electron chi connectivity index (χ1n) is 7.00. The average molecular weight is 268 g/mol. The highest BCUT2D eigenvalue weighted by molar-refractivity contribution is 5.94. The molecule has 0 saturated heterocycles. The van der Waals surface area contributed by atoms with Crippen molar-refractivity contribution in [3.8, 4) is 0 Å². The van der Waals surface area contributed by atoms with Gasteiger partial charge in [0.05, 0.1) is 6.04 Å². The van der Waals surface area contributed by atoms with Crippen LogP contribution in [0, 0.1) is 0 Å². The summed E-state index contributed by atoms with van der Waals surface area (Å²) in [6.45, 7) is 4.12. The molecule has 3 heteroatoms. The molecule has 0 spiro atoms. The highest BCUT2D eigenvalue weighted by Gasteiger charge is 2.11. The van der Waals surface area contributed by atoms with Gasteiger partial charge in [0.1, 0.15) is 0 Å². The number of benzene rings is 1. The smallest absolute Gasteiger partial charge is 0.251 e. The van der Waals surface area contributed by atoms with Crippen molar-refractivity contribution in [1.29, 1.82) is 0 Å². The number of amides is 1. The van der Waals surface area contributed by atoms with Crippen LogP contribution in [0.3, 0.4) is 0 Å². The molecule has 0 fully saturated rings. The van der Waals surface area contributed by atoms with Crippen molar-refractivity contribution in [2.45, 2.75) is 32.7 Å². The molecule has 1 atom stereocenters. The maximum Gasteiger partial charge on any atom is 0.251 e. The first-order valence-corrected chi connectivity index (χ1v) is 7.00. The Labute approximate surface area is 120 Å². The molecule has 1 amide bonds. The summed E-state index contributed by atoms with van der Waals surface area (Å²) in [6.07, 6.45) is 5.63. The summed E-state index contributed by atoms with van der Waals surface area (Å²) in [5.41, 5.74) is 3.02. The van der Waals surface area contributed by atoms with Gasteiger partial charge in [0.2, 0.25) is 0 Å². The van der Waals surface area contributed by atoms with Gasteiger partial charge in [0.15, 0.2) is 0 Å². The molecule has 1 N–H and O–H groups in total. The number of aryl methyl sites for hydroxylation is 1. The lowest BCUT2D eigenvalue weighted by atomic mass is 10.1. The highest BCUT2D eigenvalue weighted by atomic mass is 16.1. The number of hydrogen-bond acceptors (Lipinski definition) is 2. The molecule has 20 heavy (non-hydrogen) atoms. The quantitative estimate of drug-likeness (QED) is 0.901. The van der Waals surface area contributed by atoms with E-state index in [-0.39, 0.29) is 11.9 Å². The van der Waals surface area contributed by atoms with Gasteiger partial charge in [-0.25, -0.2) is 0 Å². The summed E-state index contributed by atoms with van der Waals surface area (Å²) in [6, 6.07) is 11.6. The highest BCUT2D eigenvalue weighted by Crippen LogP contribution is 2.12. The Kier molecular flexibility index (Phi) is 4.88. The van der Waals surface area contributed by atoms with E-state index in [1.165, 1.54) is 5.56 Å². The molecular formula is C17H20N2O. The third kappa shape index (κ3) is 3.67. The number of carbonyl (C=O) groups excluding carboxylic acids is 1. The Balaban J connectivity index is 2.01. The molecule has 2 rings (SSSR count). The van der Waals surface area contributed by atoms with Crippen LogP contribution >= 0.6 is 0 Å². The molecule has 2 aromatic rings. The van der Waals surface area contributed by atoms with Crippen LogP contribution in [0.1, 0.15) is 47.8 Å². The molecule has 0 radical (unpaired) electrons. The van der Waals surface area contributed by atoms with E-state index in [0.29, 0.717) is 5.56 Å². The molecule has 0 aliphatic heterocycles. The van der Waals surface area contributed by atoms with Crippen LogP contribution in [0.25, 0.3) is 0 Å². The average Bonchev–Trinajstić information content (AvgIpc) is 2.49. The number of hydrogen-bond donors (Lipinski definition) is 1. The maximum atomic E-state index is 12.2. The van der Waals surface area contributed by atoms with Crippen molar-refractivity contribution in [2.24, 2.45) is 0 Å². The van der Waals surface area contributed by atoms with Gasteiger partial charge in [-0.15, -0.1) is 0 Å². The zero-order chi connectivity index (χ0) is 14.4. The third-order valence-corrected chi connectivity index (χ3v) is 3.31. The number of nitrogens with zero attached hydrogens (tertiary/aromatic N) is 1. The minimum atomic E-state index is -0.0441. The van der Waals surface area contributed by atoms with Gasteiger partial charge >= 0.3 is 0 Å². The summed E-state index contributed by atoms with van der Waals surface area (Å²) in [7, 11) is 0. The van der Waals surface area contributed by atoms with Gasteiger partial charge in [0, 0.05) is 18.0 Å². The molecule has 1 heterocycles. The van der Waals surface area contributed by atoms with Gasteiger partial charge in [-0.3, -0.25) is 9.78 Å². The standard InChI is InChI=1S/C17H20N2O/c1-3-4-14-5-7-16(8-6-14)17(20)19-13(2)15-9-11-18-12-10-15/h5-13H,3-4H2,1-2H3,(H,19,20)/t13-/m0/s1. The second-order valence-corrected chi connectivity index (χ2v) is 4.92. The van der Waals surface area contributed by atoms with Gasteiger partial charge in [-0.1, -0.05) is 25.5 Å². The predicted molar refractivity (Wildman–Crippen MR) is 80.6 cm³/mol. The predicted octanol–water partition coefficient (Wildman–Crippen LogP) is 3.53. The minimum absolute atomic E-state index is 0.0270. The van der Waals surface area contributed by atoms with Gasteiger partial charge in [-0.05, 0) is 48.7 Å². The Morgan fingerprint density at radius 3 is 2.40 bits per heavy atom. The molecule has 0 bridgehead atoms. The molecule has 0 unspecified atom stereocenters. The van der Waals surface area contributed by atoms with E-state index in [4.69, 9.17) is 0 Å². The molecule has 0 aliphatic rings. The van der Waals surface area contributed by atoms with Gasteiger partial charge < -0.3 is 5.32 Å². The van der Waals surface area contributed by atoms with Crippen LogP contribution in [-0.4, -0.2) is 10.9 Å². The van der Waals surface area contributed by atoms with Crippen molar-refractivity contribution in [3.05, 3.63) is 65.5 Å². The van der Waals surface area contributed by atoms with Gasteiger partial charge in [0.25, 0.3) is 5.91 Å². The van der Waals surface area contributed by atoms with Crippen LogP contribution < -0.4 is 5.32 Å². The van der Waals surface area contributed by atoms with E-state index < -0.39 is 0 Å². The van der Waals surface area contributed by atoms with E-state index in [1.807, 2.05) is 43.3 Å². The number of pyridine rings is 1. The number of rotatable bonds is 5. The third-order valence-electron chi connectivity index (χ3n) is 3.31. The van der Waals surface area contributed by atoms with Crippen LogP contribution in [0.5, 0.6) is 0 Å². The van der Waals surface area contributed by atoms with Crippen LogP contribution in [0.4, 0.5) is 0 Å². The van der Waals surface area contributed by atoms with Crippen LogP contribution in [0.2, 0.25) is 0 Å². The molecular weight excluding hydrogens is 248 g/mol. The fourth-order valence-electron chi connectivity index (χ4n) is 2.13. The van der Waals surface area contributed by atoms with E-state index in [2.05, 4.69) is 17.2 Å². The normalized spacial score (nSPS) is 11.9. The van der Waals surface area contributed by atoms with E-state index in [9.17, 15) is 4.79 Å². The largest absolute Gasteiger partial charge is 0.346 e. The summed E-state index contributed by atoms with van der Waals surface area (Å²) < 4.78 is 0. The topological polar surface area (TPSA) is 42.0 Å². The second kappa shape index (κ2) is 6.85. The minimum Gasteiger partial charge on any atom is -0.346 e. The summed E-state index contributed by atoms with van der Waals surface area (Å²) >= 11 is 0. The van der Waals surface area contributed by atoms with Crippen molar-refractivity contribution in [2.75, 3.05) is 0 Å². The Bertz CT molecular complexity index is 549. The van der Waals surface area contributed by atoms with E-state index in [1.54, 1.807) is 12.4 Å². The Hall–Kier alpha value is -2.16. The van der Waals surface area contributed by atoms with E-state index in [0.717, 1.165) is 18.4 Å². The zero-order valence-electron chi connectivity index (χ0n) is 12.0. The molecule has 1 aromatic carbocycles. The van der Waals surface area contributed by atoms with E-state index >= 15 is 0 Å². The lowest BCUT2D eigenvalue weighted by Crippen LogP contribution is -2.26. The number of nitrogens with one attached hydrogen (secondary N) is 1. The second-order valence-electron chi connectivity index (χ2n) is 4.92. The lowest BCUT2D eigenvalue weighted by molar-refractivity contribution is 0.0940. The molecule has 0 aliphatic carbocycles. The first-order chi connectivity index (χ1) is 9.70. The summed E-state index contributed by atoms with van der Waals surface area (Å²) in [5.74, 6) is -0.0441. The molecule has 3 nitrogen and oxygen atoms in total. The lowest BCUT2D eigenvalue weighted by Gasteiger charge is -2.14. The maximum absolute atomic E-state index is 12.2. The fraction of sp³-hybridized carbons (Fsp3) is 0.294.